The Balaban J connectivity index is 1.87. The fourth-order valence-electron chi connectivity index (χ4n) is 2.41. The van der Waals surface area contributed by atoms with Gasteiger partial charge in [0.1, 0.15) is 6.04 Å². The van der Waals surface area contributed by atoms with Crippen LogP contribution in [0, 0.1) is 11.3 Å². The van der Waals surface area contributed by atoms with E-state index >= 15 is 0 Å². The van der Waals surface area contributed by atoms with Gasteiger partial charge in [0.2, 0.25) is 0 Å². The summed E-state index contributed by atoms with van der Waals surface area (Å²) < 4.78 is 11.2. The summed E-state index contributed by atoms with van der Waals surface area (Å²) in [7, 11) is 1.89. The summed E-state index contributed by atoms with van der Waals surface area (Å²) in [5.41, 5.74) is 0.827. The monoisotopic (exact) mass is 342 g/mol. The molecule has 1 aromatic carbocycles. The molecule has 2 atom stereocenters. The van der Waals surface area contributed by atoms with E-state index in [0.717, 1.165) is 31.4 Å². The molecule has 0 radical (unpaired) electrons. The lowest BCUT2D eigenvalue weighted by atomic mass is 10.1. The van der Waals surface area contributed by atoms with Crippen LogP contribution in [0.25, 0.3) is 0 Å². The third-order valence-corrected chi connectivity index (χ3v) is 4.45. The molecule has 0 N–H and O–H groups in total. The Labute approximate surface area is 141 Å². The van der Waals surface area contributed by atoms with Crippen LogP contribution in [-0.2, 0) is 9.47 Å². The number of hydrogen-bond donors (Lipinski definition) is 0. The predicted molar refractivity (Wildman–Crippen MR) is 87.0 cm³/mol. The number of hydrogen-bond acceptors (Lipinski definition) is 4. The van der Waals surface area contributed by atoms with Gasteiger partial charge in [-0.3, -0.25) is 4.90 Å². The number of benzene rings is 1. The van der Waals surface area contributed by atoms with Crippen molar-refractivity contribution in [2.24, 2.45) is 0 Å². The van der Waals surface area contributed by atoms with E-state index in [4.69, 9.17) is 32.7 Å². The van der Waals surface area contributed by atoms with Gasteiger partial charge in [-0.2, -0.15) is 5.26 Å². The summed E-state index contributed by atoms with van der Waals surface area (Å²) in [6, 6.07) is 7.18. The Kier molecular flexibility index (Phi) is 6.94. The van der Waals surface area contributed by atoms with E-state index < -0.39 is 0 Å². The molecule has 1 aliphatic rings. The Hall–Kier alpha value is -0.830. The minimum atomic E-state index is -0.384. The fraction of sp³-hybridized carbons (Fsp3) is 0.562. The van der Waals surface area contributed by atoms with E-state index in [1.807, 2.05) is 18.0 Å². The van der Waals surface area contributed by atoms with E-state index in [1.165, 1.54) is 0 Å². The second-order valence-corrected chi connectivity index (χ2v) is 6.17. The highest BCUT2D eigenvalue weighted by atomic mass is 35.5. The summed E-state index contributed by atoms with van der Waals surface area (Å²) in [6.07, 6.45) is 3.09. The van der Waals surface area contributed by atoms with Crippen molar-refractivity contribution in [3.05, 3.63) is 33.8 Å². The fourth-order valence-corrected chi connectivity index (χ4v) is 2.72. The van der Waals surface area contributed by atoms with Crippen molar-refractivity contribution in [1.82, 2.24) is 4.90 Å². The highest BCUT2D eigenvalue weighted by Gasteiger charge is 2.19. The molecule has 0 aromatic heterocycles. The van der Waals surface area contributed by atoms with Crippen LogP contribution in [0.15, 0.2) is 18.2 Å². The molecule has 0 saturated carbocycles. The van der Waals surface area contributed by atoms with Crippen molar-refractivity contribution in [1.29, 1.82) is 5.26 Å². The van der Waals surface area contributed by atoms with Crippen LogP contribution in [-0.4, -0.2) is 38.0 Å². The molecule has 22 heavy (non-hydrogen) atoms. The molecular weight excluding hydrogens is 323 g/mol. The van der Waals surface area contributed by atoms with Crippen molar-refractivity contribution in [3.63, 3.8) is 0 Å². The van der Waals surface area contributed by atoms with Gasteiger partial charge in [-0.25, -0.2) is 0 Å². The first-order valence-corrected chi connectivity index (χ1v) is 8.15. The topological polar surface area (TPSA) is 45.5 Å². The lowest BCUT2D eigenvalue weighted by molar-refractivity contribution is -0.164. The normalized spacial score (nSPS) is 19.9. The van der Waals surface area contributed by atoms with Crippen molar-refractivity contribution in [3.8, 4) is 6.07 Å². The second-order valence-electron chi connectivity index (χ2n) is 5.35. The van der Waals surface area contributed by atoms with Crippen LogP contribution in [0.1, 0.15) is 30.9 Å². The zero-order valence-corrected chi connectivity index (χ0v) is 14.1. The minimum Gasteiger partial charge on any atom is -0.353 e. The van der Waals surface area contributed by atoms with Gasteiger partial charge in [0.25, 0.3) is 0 Å². The van der Waals surface area contributed by atoms with Crippen molar-refractivity contribution >= 4 is 23.2 Å². The van der Waals surface area contributed by atoms with E-state index in [0.29, 0.717) is 23.2 Å². The largest absolute Gasteiger partial charge is 0.353 e. The average molecular weight is 343 g/mol. The molecule has 6 heteroatoms. The van der Waals surface area contributed by atoms with Gasteiger partial charge >= 0.3 is 0 Å². The number of nitriles is 1. The van der Waals surface area contributed by atoms with Gasteiger partial charge in [0.05, 0.1) is 22.7 Å². The molecule has 4 nitrogen and oxygen atoms in total. The molecule has 1 saturated heterocycles. The number of halogens is 2. The SMILES string of the molecule is CN(CCOC1CCCCO1)C(C#N)c1ccc(Cl)c(Cl)c1. The van der Waals surface area contributed by atoms with Gasteiger partial charge in [0.15, 0.2) is 6.29 Å². The van der Waals surface area contributed by atoms with Gasteiger partial charge in [0, 0.05) is 13.2 Å². The molecule has 1 aliphatic heterocycles. The van der Waals surface area contributed by atoms with Crippen LogP contribution in [0.4, 0.5) is 0 Å². The standard InChI is InChI=1S/C16H20Cl2N2O2/c1-20(7-9-22-16-4-2-3-8-21-16)15(11-19)12-5-6-13(17)14(18)10-12/h5-6,10,15-16H,2-4,7-9H2,1H3. The summed E-state index contributed by atoms with van der Waals surface area (Å²) in [6.45, 7) is 1.93. The maximum Gasteiger partial charge on any atom is 0.157 e. The molecule has 1 fully saturated rings. The Morgan fingerprint density at radius 2 is 2.23 bits per heavy atom. The third-order valence-electron chi connectivity index (χ3n) is 3.71. The molecular formula is C16H20Cl2N2O2. The summed E-state index contributed by atoms with van der Waals surface area (Å²) >= 11 is 11.9. The third kappa shape index (κ3) is 4.84. The first-order chi connectivity index (χ1) is 10.6. The molecule has 1 heterocycles. The maximum atomic E-state index is 9.42. The van der Waals surface area contributed by atoms with Gasteiger partial charge in [-0.1, -0.05) is 29.3 Å². The smallest absolute Gasteiger partial charge is 0.157 e. The predicted octanol–water partition coefficient (Wildman–Crippen LogP) is 4.03. The highest BCUT2D eigenvalue weighted by molar-refractivity contribution is 6.42. The molecule has 0 amide bonds. The first kappa shape index (κ1) is 17.5. The van der Waals surface area contributed by atoms with E-state index in [2.05, 4.69) is 6.07 Å². The Bertz CT molecular complexity index is 527. The molecule has 0 bridgehead atoms. The summed E-state index contributed by atoms with van der Waals surface area (Å²) in [4.78, 5) is 1.93. The van der Waals surface area contributed by atoms with Crippen LogP contribution < -0.4 is 0 Å². The van der Waals surface area contributed by atoms with E-state index in [1.54, 1.807) is 12.1 Å². The molecule has 2 unspecified atom stereocenters. The average Bonchev–Trinajstić information content (AvgIpc) is 2.52. The molecule has 0 spiro atoms. The van der Waals surface area contributed by atoms with Crippen LogP contribution in [0.2, 0.25) is 10.0 Å². The number of likely N-dealkylation sites (N-methyl/N-ethyl adjacent to an activating group) is 1. The van der Waals surface area contributed by atoms with Gasteiger partial charge < -0.3 is 9.47 Å². The summed E-state index contributed by atoms with van der Waals surface area (Å²) in [5.74, 6) is 0. The lowest BCUT2D eigenvalue weighted by Crippen LogP contribution is -2.30. The molecule has 0 aliphatic carbocycles. The zero-order chi connectivity index (χ0) is 15.9. The second kappa shape index (κ2) is 8.71. The number of rotatable bonds is 6. The van der Waals surface area contributed by atoms with Crippen molar-refractivity contribution < 1.29 is 9.47 Å². The quantitative estimate of drug-likeness (QED) is 0.782. The molecule has 120 valence electrons. The highest BCUT2D eigenvalue weighted by Crippen LogP contribution is 2.27. The van der Waals surface area contributed by atoms with Crippen LogP contribution in [0.5, 0.6) is 0 Å². The molecule has 2 rings (SSSR count). The van der Waals surface area contributed by atoms with Crippen molar-refractivity contribution in [2.45, 2.75) is 31.6 Å². The first-order valence-electron chi connectivity index (χ1n) is 7.40. The van der Waals surface area contributed by atoms with Gasteiger partial charge in [-0.15, -0.1) is 0 Å². The Morgan fingerprint density at radius 1 is 1.41 bits per heavy atom. The zero-order valence-electron chi connectivity index (χ0n) is 12.6. The van der Waals surface area contributed by atoms with Crippen LogP contribution in [0.3, 0.4) is 0 Å². The van der Waals surface area contributed by atoms with E-state index in [9.17, 15) is 5.26 Å². The summed E-state index contributed by atoms with van der Waals surface area (Å²) in [5, 5.41) is 10.4. The number of nitrogens with zero attached hydrogens (tertiary/aromatic N) is 2. The minimum absolute atomic E-state index is 0.104. The van der Waals surface area contributed by atoms with E-state index in [-0.39, 0.29) is 12.3 Å². The van der Waals surface area contributed by atoms with Crippen molar-refractivity contribution in [2.75, 3.05) is 26.8 Å². The molecule has 1 aromatic rings. The van der Waals surface area contributed by atoms with Gasteiger partial charge in [-0.05, 0) is 44.0 Å². The maximum absolute atomic E-state index is 9.42. The number of ether oxygens (including phenoxy) is 2. The lowest BCUT2D eigenvalue weighted by Gasteiger charge is -2.26. The Morgan fingerprint density at radius 3 is 2.86 bits per heavy atom. The van der Waals surface area contributed by atoms with Crippen LogP contribution >= 0.6 is 23.2 Å².